The van der Waals surface area contributed by atoms with E-state index in [0.29, 0.717) is 45.5 Å². The van der Waals surface area contributed by atoms with Crippen molar-refractivity contribution in [1.29, 1.82) is 0 Å². The number of hydrogen-bond acceptors (Lipinski definition) is 6. The quantitative estimate of drug-likeness (QED) is 0.549. The smallest absolute Gasteiger partial charge is 0.255 e. The van der Waals surface area contributed by atoms with Crippen molar-refractivity contribution in [3.63, 3.8) is 0 Å². The summed E-state index contributed by atoms with van der Waals surface area (Å²) in [6, 6.07) is 16.9. The summed E-state index contributed by atoms with van der Waals surface area (Å²) in [6.07, 6.45) is 0. The number of methoxy groups -OCH3 is 4. The fraction of sp³-hybridized carbons (Fsp3) is 0.167. The topological polar surface area (TPSA) is 95.1 Å². The maximum Gasteiger partial charge on any atom is 0.255 e. The van der Waals surface area contributed by atoms with E-state index < -0.39 is 5.91 Å². The standard InChI is InChI=1S/C24H24N2O6/c1-29-19-11-10-17(14-18(19)26-23(27)15-8-6-5-7-9-15)25-24(28)16-12-20(30-2)22(32-4)21(13-16)31-3/h5-14H,1-4H3,(H,25,28)(H,26,27). The fourth-order valence-corrected chi connectivity index (χ4v) is 3.08. The fourth-order valence-electron chi connectivity index (χ4n) is 3.08. The molecule has 0 spiro atoms. The van der Waals surface area contributed by atoms with Crippen LogP contribution in [-0.4, -0.2) is 40.3 Å². The van der Waals surface area contributed by atoms with Crippen LogP contribution in [0.1, 0.15) is 20.7 Å². The molecule has 8 heteroatoms. The Bertz CT molecular complexity index is 1090. The van der Waals surface area contributed by atoms with E-state index in [-0.39, 0.29) is 5.91 Å². The molecule has 166 valence electrons. The van der Waals surface area contributed by atoms with Gasteiger partial charge in [0.15, 0.2) is 11.5 Å². The van der Waals surface area contributed by atoms with Gasteiger partial charge in [-0.15, -0.1) is 0 Å². The maximum atomic E-state index is 12.9. The zero-order valence-electron chi connectivity index (χ0n) is 18.2. The SMILES string of the molecule is COc1ccc(NC(=O)c2cc(OC)c(OC)c(OC)c2)cc1NC(=O)c1ccccc1. The lowest BCUT2D eigenvalue weighted by Gasteiger charge is -2.15. The lowest BCUT2D eigenvalue weighted by Crippen LogP contribution is -2.15. The first kappa shape index (κ1) is 22.5. The van der Waals surface area contributed by atoms with Crippen LogP contribution in [0.15, 0.2) is 60.7 Å². The highest BCUT2D eigenvalue weighted by atomic mass is 16.5. The first-order chi connectivity index (χ1) is 15.5. The van der Waals surface area contributed by atoms with Crippen LogP contribution in [0.25, 0.3) is 0 Å². The van der Waals surface area contributed by atoms with Crippen molar-refractivity contribution in [2.45, 2.75) is 0 Å². The molecule has 32 heavy (non-hydrogen) atoms. The predicted molar refractivity (Wildman–Crippen MR) is 121 cm³/mol. The average Bonchev–Trinajstić information content (AvgIpc) is 2.83. The number of benzene rings is 3. The van der Waals surface area contributed by atoms with Crippen LogP contribution < -0.4 is 29.6 Å². The minimum absolute atomic E-state index is 0.294. The summed E-state index contributed by atoms with van der Waals surface area (Å²) >= 11 is 0. The first-order valence-electron chi connectivity index (χ1n) is 9.66. The monoisotopic (exact) mass is 436 g/mol. The highest BCUT2D eigenvalue weighted by Crippen LogP contribution is 2.38. The molecule has 8 nitrogen and oxygen atoms in total. The van der Waals surface area contributed by atoms with Crippen LogP contribution in [0, 0.1) is 0 Å². The molecule has 0 unspecified atom stereocenters. The van der Waals surface area contributed by atoms with Crippen molar-refractivity contribution in [3.05, 3.63) is 71.8 Å². The number of amides is 2. The number of carbonyl (C=O) groups is 2. The molecule has 0 aromatic heterocycles. The summed E-state index contributed by atoms with van der Waals surface area (Å²) < 4.78 is 21.2. The van der Waals surface area contributed by atoms with Crippen molar-refractivity contribution in [2.75, 3.05) is 39.1 Å². The molecule has 0 saturated carbocycles. The van der Waals surface area contributed by atoms with Crippen LogP contribution in [0.4, 0.5) is 11.4 Å². The van der Waals surface area contributed by atoms with Crippen molar-refractivity contribution in [2.24, 2.45) is 0 Å². The van der Waals surface area contributed by atoms with Crippen molar-refractivity contribution in [1.82, 2.24) is 0 Å². The molecule has 0 aliphatic rings. The molecule has 0 aliphatic carbocycles. The number of ether oxygens (including phenoxy) is 4. The summed E-state index contributed by atoms with van der Waals surface area (Å²) in [5.74, 6) is 0.888. The zero-order chi connectivity index (χ0) is 23.1. The first-order valence-corrected chi connectivity index (χ1v) is 9.66. The molecule has 0 bridgehead atoms. The van der Waals surface area contributed by atoms with Gasteiger partial charge in [0.2, 0.25) is 5.75 Å². The molecule has 3 rings (SSSR count). The molecule has 0 fully saturated rings. The normalized spacial score (nSPS) is 10.1. The predicted octanol–water partition coefficient (Wildman–Crippen LogP) is 4.23. The lowest BCUT2D eigenvalue weighted by molar-refractivity contribution is 0.101. The van der Waals surface area contributed by atoms with Gasteiger partial charge in [-0.1, -0.05) is 18.2 Å². The van der Waals surface area contributed by atoms with Gasteiger partial charge in [-0.3, -0.25) is 9.59 Å². The van der Waals surface area contributed by atoms with Crippen LogP contribution >= 0.6 is 0 Å². The molecule has 0 saturated heterocycles. The molecular weight excluding hydrogens is 412 g/mol. The molecule has 2 amide bonds. The highest BCUT2D eigenvalue weighted by Gasteiger charge is 2.18. The van der Waals surface area contributed by atoms with Gasteiger partial charge >= 0.3 is 0 Å². The zero-order valence-corrected chi connectivity index (χ0v) is 18.2. The number of nitrogens with one attached hydrogen (secondary N) is 2. The summed E-state index contributed by atoms with van der Waals surface area (Å²) in [4.78, 5) is 25.4. The van der Waals surface area contributed by atoms with Crippen molar-refractivity contribution >= 4 is 23.2 Å². The van der Waals surface area contributed by atoms with Crippen molar-refractivity contribution < 1.29 is 28.5 Å². The van der Waals surface area contributed by atoms with Gasteiger partial charge in [0.25, 0.3) is 11.8 Å². The second-order valence-corrected chi connectivity index (χ2v) is 6.60. The minimum Gasteiger partial charge on any atom is -0.495 e. The van der Waals surface area contributed by atoms with E-state index in [0.717, 1.165) is 0 Å². The molecule has 0 aliphatic heterocycles. The van der Waals surface area contributed by atoms with Crippen LogP contribution in [0.5, 0.6) is 23.0 Å². The lowest BCUT2D eigenvalue weighted by atomic mass is 10.1. The van der Waals surface area contributed by atoms with Gasteiger partial charge in [0.1, 0.15) is 5.75 Å². The van der Waals surface area contributed by atoms with Gasteiger partial charge in [-0.25, -0.2) is 0 Å². The molecule has 3 aromatic rings. The second-order valence-electron chi connectivity index (χ2n) is 6.60. The third-order valence-electron chi connectivity index (χ3n) is 4.67. The molecule has 3 aromatic carbocycles. The number of anilines is 2. The summed E-state index contributed by atoms with van der Waals surface area (Å²) in [5.41, 5.74) is 1.70. The summed E-state index contributed by atoms with van der Waals surface area (Å²) in [5, 5.41) is 5.62. The van der Waals surface area contributed by atoms with E-state index in [1.165, 1.54) is 28.4 Å². The van der Waals surface area contributed by atoms with Gasteiger partial charge < -0.3 is 29.6 Å². The highest BCUT2D eigenvalue weighted by molar-refractivity contribution is 6.07. The minimum atomic E-state index is -0.394. The summed E-state index contributed by atoms with van der Waals surface area (Å²) in [6.45, 7) is 0. The van der Waals surface area contributed by atoms with Crippen molar-refractivity contribution in [3.8, 4) is 23.0 Å². The average molecular weight is 436 g/mol. The Morgan fingerprint density at radius 2 is 1.22 bits per heavy atom. The van der Waals surface area contributed by atoms with Gasteiger partial charge in [-0.05, 0) is 42.5 Å². The van der Waals surface area contributed by atoms with Crippen LogP contribution in [0.2, 0.25) is 0 Å². The van der Waals surface area contributed by atoms with E-state index in [1.54, 1.807) is 54.6 Å². The van der Waals surface area contributed by atoms with E-state index >= 15 is 0 Å². The van der Waals surface area contributed by atoms with Gasteiger partial charge in [0.05, 0.1) is 34.1 Å². The molecular formula is C24H24N2O6. The molecule has 0 heterocycles. The maximum absolute atomic E-state index is 12.9. The molecule has 2 N–H and O–H groups in total. The molecule has 0 radical (unpaired) electrons. The van der Waals surface area contributed by atoms with E-state index in [4.69, 9.17) is 18.9 Å². The van der Waals surface area contributed by atoms with E-state index in [2.05, 4.69) is 10.6 Å². The Hall–Kier alpha value is -4.20. The number of hydrogen-bond donors (Lipinski definition) is 2. The largest absolute Gasteiger partial charge is 0.495 e. The third kappa shape index (κ3) is 4.92. The Balaban J connectivity index is 1.85. The van der Waals surface area contributed by atoms with Crippen LogP contribution in [0.3, 0.4) is 0 Å². The van der Waals surface area contributed by atoms with E-state index in [9.17, 15) is 9.59 Å². The summed E-state index contributed by atoms with van der Waals surface area (Å²) in [7, 11) is 5.94. The number of rotatable bonds is 8. The Labute approximate surface area is 186 Å². The third-order valence-corrected chi connectivity index (χ3v) is 4.67. The van der Waals surface area contributed by atoms with Crippen LogP contribution in [-0.2, 0) is 0 Å². The second kappa shape index (κ2) is 10.2. The Kier molecular flexibility index (Phi) is 7.17. The van der Waals surface area contributed by atoms with E-state index in [1.807, 2.05) is 6.07 Å². The Morgan fingerprint density at radius 1 is 0.625 bits per heavy atom. The van der Waals surface area contributed by atoms with Gasteiger partial charge in [-0.2, -0.15) is 0 Å². The van der Waals surface area contributed by atoms with Gasteiger partial charge in [0, 0.05) is 16.8 Å². The number of carbonyl (C=O) groups excluding carboxylic acids is 2. The Morgan fingerprint density at radius 3 is 1.78 bits per heavy atom. The molecule has 0 atom stereocenters.